The highest BCUT2D eigenvalue weighted by molar-refractivity contribution is 5.30. The van der Waals surface area contributed by atoms with Gasteiger partial charge in [-0.15, -0.1) is 0 Å². The molecule has 1 aromatic heterocycles. The fourth-order valence-corrected chi connectivity index (χ4v) is 1.72. The zero-order valence-corrected chi connectivity index (χ0v) is 10.5. The van der Waals surface area contributed by atoms with E-state index in [0.717, 1.165) is 17.7 Å². The Morgan fingerprint density at radius 2 is 2.17 bits per heavy atom. The average molecular weight is 242 g/mol. The fourth-order valence-electron chi connectivity index (χ4n) is 1.72. The number of benzene rings is 1. The van der Waals surface area contributed by atoms with E-state index in [4.69, 9.17) is 10.5 Å². The molecule has 0 amide bonds. The highest BCUT2D eigenvalue weighted by atomic mass is 16.5. The Labute approximate surface area is 108 Å². The van der Waals surface area contributed by atoms with Crippen LogP contribution in [-0.2, 0) is 6.42 Å². The summed E-state index contributed by atoms with van der Waals surface area (Å²) in [6, 6.07) is 12.0. The minimum atomic E-state index is 0.0341. The van der Waals surface area contributed by atoms with Gasteiger partial charge in [0, 0.05) is 24.9 Å². The van der Waals surface area contributed by atoms with Crippen LogP contribution in [0.15, 0.2) is 48.8 Å². The van der Waals surface area contributed by atoms with Crippen LogP contribution < -0.4 is 10.5 Å². The number of hydrogen-bond donors (Lipinski definition) is 1. The third kappa shape index (κ3) is 3.57. The zero-order valence-electron chi connectivity index (χ0n) is 10.5. The number of aromatic nitrogens is 1. The van der Waals surface area contributed by atoms with E-state index in [1.165, 1.54) is 5.56 Å². The SMILES string of the molecule is C[C@@H](N)c1cccc(OCCc2cccnc2)c1. The lowest BCUT2D eigenvalue weighted by Crippen LogP contribution is -2.06. The van der Waals surface area contributed by atoms with E-state index in [0.29, 0.717) is 6.61 Å². The number of pyridine rings is 1. The van der Waals surface area contributed by atoms with Crippen LogP contribution in [0.3, 0.4) is 0 Å². The topological polar surface area (TPSA) is 48.1 Å². The molecule has 1 atom stereocenters. The Balaban J connectivity index is 1.89. The maximum atomic E-state index is 5.84. The van der Waals surface area contributed by atoms with E-state index in [1.54, 1.807) is 6.20 Å². The Bertz CT molecular complexity index is 483. The van der Waals surface area contributed by atoms with Gasteiger partial charge in [0.05, 0.1) is 6.61 Å². The fraction of sp³-hybridized carbons (Fsp3) is 0.267. The molecule has 1 aromatic carbocycles. The van der Waals surface area contributed by atoms with Crippen molar-refractivity contribution in [1.82, 2.24) is 4.98 Å². The van der Waals surface area contributed by atoms with Crippen LogP contribution in [0.25, 0.3) is 0 Å². The standard InChI is InChI=1S/C15H18N2O/c1-12(16)14-5-2-6-15(10-14)18-9-7-13-4-3-8-17-11-13/h2-6,8,10-12H,7,9,16H2,1H3/t12-/m1/s1. The predicted molar refractivity (Wildman–Crippen MR) is 72.5 cm³/mol. The summed E-state index contributed by atoms with van der Waals surface area (Å²) < 4.78 is 5.72. The van der Waals surface area contributed by atoms with Crippen LogP contribution in [0.2, 0.25) is 0 Å². The molecule has 1 heterocycles. The summed E-state index contributed by atoms with van der Waals surface area (Å²) >= 11 is 0. The average Bonchev–Trinajstić information content (AvgIpc) is 2.40. The van der Waals surface area contributed by atoms with Crippen molar-refractivity contribution >= 4 is 0 Å². The summed E-state index contributed by atoms with van der Waals surface area (Å²) in [5.74, 6) is 0.869. The number of rotatable bonds is 5. The number of hydrogen-bond acceptors (Lipinski definition) is 3. The molecule has 0 fully saturated rings. The molecule has 0 aliphatic carbocycles. The molecule has 0 aliphatic heterocycles. The molecule has 0 saturated carbocycles. The molecule has 0 aliphatic rings. The first-order valence-electron chi connectivity index (χ1n) is 6.13. The van der Waals surface area contributed by atoms with Crippen LogP contribution in [-0.4, -0.2) is 11.6 Å². The van der Waals surface area contributed by atoms with E-state index < -0.39 is 0 Å². The minimum Gasteiger partial charge on any atom is -0.493 e. The third-order valence-corrected chi connectivity index (χ3v) is 2.77. The smallest absolute Gasteiger partial charge is 0.119 e. The van der Waals surface area contributed by atoms with Gasteiger partial charge in [0.25, 0.3) is 0 Å². The maximum Gasteiger partial charge on any atom is 0.119 e. The summed E-state index contributed by atoms with van der Waals surface area (Å²) in [6.45, 7) is 2.61. The van der Waals surface area contributed by atoms with E-state index in [9.17, 15) is 0 Å². The molecule has 0 unspecified atom stereocenters. The Morgan fingerprint density at radius 3 is 2.89 bits per heavy atom. The van der Waals surface area contributed by atoms with Gasteiger partial charge in [-0.25, -0.2) is 0 Å². The molecule has 0 saturated heterocycles. The van der Waals surface area contributed by atoms with E-state index >= 15 is 0 Å². The summed E-state index contributed by atoms with van der Waals surface area (Å²) in [6.07, 6.45) is 4.49. The van der Waals surface area contributed by atoms with Gasteiger partial charge in [-0.2, -0.15) is 0 Å². The molecule has 0 bridgehead atoms. The van der Waals surface area contributed by atoms with Crippen LogP contribution >= 0.6 is 0 Å². The first-order valence-corrected chi connectivity index (χ1v) is 6.13. The van der Waals surface area contributed by atoms with Crippen molar-refractivity contribution in [3.63, 3.8) is 0 Å². The molecule has 94 valence electrons. The van der Waals surface area contributed by atoms with E-state index in [2.05, 4.69) is 11.1 Å². The van der Waals surface area contributed by atoms with Crippen molar-refractivity contribution in [3.05, 3.63) is 59.9 Å². The minimum absolute atomic E-state index is 0.0341. The normalized spacial score (nSPS) is 12.1. The molecule has 0 spiro atoms. The van der Waals surface area contributed by atoms with Gasteiger partial charge in [0.2, 0.25) is 0 Å². The molecular formula is C15H18N2O. The van der Waals surface area contributed by atoms with Gasteiger partial charge >= 0.3 is 0 Å². The number of nitrogens with zero attached hydrogens (tertiary/aromatic N) is 1. The lowest BCUT2D eigenvalue weighted by atomic mass is 10.1. The van der Waals surface area contributed by atoms with Crippen LogP contribution in [0.1, 0.15) is 24.1 Å². The largest absolute Gasteiger partial charge is 0.493 e. The first-order chi connectivity index (χ1) is 8.75. The van der Waals surface area contributed by atoms with Crippen molar-refractivity contribution in [2.24, 2.45) is 5.73 Å². The Morgan fingerprint density at radius 1 is 1.28 bits per heavy atom. The zero-order chi connectivity index (χ0) is 12.8. The number of nitrogens with two attached hydrogens (primary N) is 1. The van der Waals surface area contributed by atoms with Crippen LogP contribution in [0.4, 0.5) is 0 Å². The van der Waals surface area contributed by atoms with Crippen molar-refractivity contribution < 1.29 is 4.74 Å². The van der Waals surface area contributed by atoms with Crippen molar-refractivity contribution in [1.29, 1.82) is 0 Å². The lowest BCUT2D eigenvalue weighted by Gasteiger charge is -2.10. The van der Waals surface area contributed by atoms with Crippen LogP contribution in [0.5, 0.6) is 5.75 Å². The van der Waals surface area contributed by atoms with Gasteiger partial charge < -0.3 is 10.5 Å². The highest BCUT2D eigenvalue weighted by Gasteiger charge is 2.01. The molecule has 0 radical (unpaired) electrons. The van der Waals surface area contributed by atoms with Crippen LogP contribution in [0, 0.1) is 0 Å². The molecule has 2 N–H and O–H groups in total. The maximum absolute atomic E-state index is 5.84. The highest BCUT2D eigenvalue weighted by Crippen LogP contribution is 2.17. The van der Waals surface area contributed by atoms with E-state index in [1.807, 2.05) is 43.5 Å². The first kappa shape index (κ1) is 12.6. The monoisotopic (exact) mass is 242 g/mol. The molecule has 18 heavy (non-hydrogen) atoms. The molecule has 3 nitrogen and oxygen atoms in total. The van der Waals surface area contributed by atoms with Gasteiger partial charge in [-0.3, -0.25) is 4.98 Å². The molecule has 2 aromatic rings. The Hall–Kier alpha value is -1.87. The second-order valence-corrected chi connectivity index (χ2v) is 4.32. The lowest BCUT2D eigenvalue weighted by molar-refractivity contribution is 0.321. The van der Waals surface area contributed by atoms with Crippen molar-refractivity contribution in [2.75, 3.05) is 6.61 Å². The molecular weight excluding hydrogens is 224 g/mol. The Kier molecular flexibility index (Phi) is 4.31. The summed E-state index contributed by atoms with van der Waals surface area (Å²) in [4.78, 5) is 4.08. The third-order valence-electron chi connectivity index (χ3n) is 2.77. The number of ether oxygens (including phenoxy) is 1. The van der Waals surface area contributed by atoms with E-state index in [-0.39, 0.29) is 6.04 Å². The van der Waals surface area contributed by atoms with Gasteiger partial charge in [0.1, 0.15) is 5.75 Å². The summed E-state index contributed by atoms with van der Waals surface area (Å²) in [5, 5.41) is 0. The molecule has 2 rings (SSSR count). The quantitative estimate of drug-likeness (QED) is 0.877. The molecule has 3 heteroatoms. The van der Waals surface area contributed by atoms with Gasteiger partial charge in [-0.1, -0.05) is 18.2 Å². The summed E-state index contributed by atoms with van der Waals surface area (Å²) in [7, 11) is 0. The van der Waals surface area contributed by atoms with Crippen molar-refractivity contribution in [2.45, 2.75) is 19.4 Å². The second kappa shape index (κ2) is 6.17. The van der Waals surface area contributed by atoms with Crippen molar-refractivity contribution in [3.8, 4) is 5.75 Å². The van der Waals surface area contributed by atoms with Gasteiger partial charge in [0.15, 0.2) is 0 Å². The summed E-state index contributed by atoms with van der Waals surface area (Å²) in [5.41, 5.74) is 8.11. The predicted octanol–water partition coefficient (Wildman–Crippen LogP) is 2.72. The van der Waals surface area contributed by atoms with Gasteiger partial charge in [-0.05, 0) is 36.2 Å². The second-order valence-electron chi connectivity index (χ2n) is 4.32.